The highest BCUT2D eigenvalue weighted by Crippen LogP contribution is 2.43. The van der Waals surface area contributed by atoms with Crippen molar-refractivity contribution in [1.82, 2.24) is 0 Å². The van der Waals surface area contributed by atoms with Gasteiger partial charge in [0, 0.05) is 14.7 Å². The van der Waals surface area contributed by atoms with E-state index >= 15 is 0 Å². The number of hydrogen-bond donors (Lipinski definition) is 1. The Morgan fingerprint density at radius 3 is 2.38 bits per heavy atom. The van der Waals surface area contributed by atoms with Crippen LogP contribution in [-0.2, 0) is 16.9 Å². The maximum absolute atomic E-state index is 13.3. The number of nitrogens with zero attached hydrogens (tertiary/aromatic N) is 1. The Labute approximate surface area is 183 Å². The van der Waals surface area contributed by atoms with Crippen molar-refractivity contribution in [3.8, 4) is 0 Å². The van der Waals surface area contributed by atoms with Gasteiger partial charge in [-0.1, -0.05) is 54.6 Å². The van der Waals surface area contributed by atoms with Gasteiger partial charge in [0.1, 0.15) is 0 Å². The zero-order valence-electron chi connectivity index (χ0n) is 15.9. The summed E-state index contributed by atoms with van der Waals surface area (Å²) in [7, 11) is 0. The number of fused-ring (bicyclic) bond motifs is 1. The number of carbonyl (C=O) groups is 2. The number of halogens is 1. The predicted molar refractivity (Wildman–Crippen MR) is 121 cm³/mol. The summed E-state index contributed by atoms with van der Waals surface area (Å²) in [5, 5.41) is 11.4. The number of para-hydroxylation sites is 1. The Bertz CT molecular complexity index is 1090. The largest absolute Gasteiger partial charge is 0.375 e. The molecular weight excluding hydrogens is 477 g/mol. The number of aliphatic hydroxyl groups is 1. The second-order valence-corrected chi connectivity index (χ2v) is 8.55. The van der Waals surface area contributed by atoms with Gasteiger partial charge in [-0.15, -0.1) is 0 Å². The molecule has 4 nitrogen and oxygen atoms in total. The average molecular weight is 497 g/mol. The van der Waals surface area contributed by atoms with E-state index in [0.29, 0.717) is 23.4 Å². The van der Waals surface area contributed by atoms with E-state index in [9.17, 15) is 14.7 Å². The van der Waals surface area contributed by atoms with Gasteiger partial charge in [-0.2, -0.15) is 0 Å². The van der Waals surface area contributed by atoms with Crippen LogP contribution in [0.25, 0.3) is 0 Å². The summed E-state index contributed by atoms with van der Waals surface area (Å²) in [5.41, 5.74) is 1.84. The first kappa shape index (κ1) is 19.8. The first-order valence-electron chi connectivity index (χ1n) is 9.37. The van der Waals surface area contributed by atoms with Crippen LogP contribution < -0.4 is 4.90 Å². The lowest BCUT2D eigenvalue weighted by Crippen LogP contribution is -2.41. The predicted octanol–water partition coefficient (Wildman–Crippen LogP) is 4.61. The topological polar surface area (TPSA) is 57.6 Å². The molecule has 0 bridgehead atoms. The maximum atomic E-state index is 13.3. The van der Waals surface area contributed by atoms with Crippen molar-refractivity contribution in [2.45, 2.75) is 25.5 Å². The van der Waals surface area contributed by atoms with Crippen molar-refractivity contribution >= 4 is 40.0 Å². The summed E-state index contributed by atoms with van der Waals surface area (Å²) in [4.78, 5) is 27.8. The summed E-state index contributed by atoms with van der Waals surface area (Å²) in [5.74, 6) is -0.717. The Morgan fingerprint density at radius 2 is 1.66 bits per heavy atom. The van der Waals surface area contributed by atoms with Gasteiger partial charge in [0.05, 0.1) is 18.7 Å². The molecule has 0 saturated heterocycles. The van der Waals surface area contributed by atoms with Crippen LogP contribution >= 0.6 is 22.6 Å². The average Bonchev–Trinajstić information content (AvgIpc) is 2.92. The normalized spacial score (nSPS) is 18.0. The molecule has 0 aromatic heterocycles. The van der Waals surface area contributed by atoms with E-state index in [0.717, 1.165) is 14.7 Å². The highest BCUT2D eigenvalue weighted by atomic mass is 127. The Hall–Kier alpha value is -2.51. The lowest BCUT2D eigenvalue weighted by molar-refractivity contribution is -0.136. The Morgan fingerprint density at radius 1 is 1.00 bits per heavy atom. The fraction of sp³-hybridized carbons (Fsp3) is 0.167. The molecule has 1 aliphatic rings. The lowest BCUT2D eigenvalue weighted by atomic mass is 9.88. The second-order valence-electron chi connectivity index (χ2n) is 7.30. The van der Waals surface area contributed by atoms with Gasteiger partial charge in [-0.25, -0.2) is 0 Å². The number of anilines is 1. The van der Waals surface area contributed by atoms with Crippen molar-refractivity contribution in [2.75, 3.05) is 4.90 Å². The monoisotopic (exact) mass is 497 g/mol. The number of ketones is 1. The molecule has 1 N–H and O–H groups in total. The van der Waals surface area contributed by atoms with Gasteiger partial charge < -0.3 is 10.0 Å². The molecular formula is C24H20INO3. The number of amides is 1. The summed E-state index contributed by atoms with van der Waals surface area (Å²) in [6, 6.07) is 22.1. The quantitative estimate of drug-likeness (QED) is 0.414. The fourth-order valence-corrected chi connectivity index (χ4v) is 4.12. The van der Waals surface area contributed by atoms with Gasteiger partial charge in [-0.05, 0) is 58.8 Å². The first-order valence-corrected chi connectivity index (χ1v) is 10.4. The van der Waals surface area contributed by atoms with Crippen LogP contribution in [0.5, 0.6) is 0 Å². The number of rotatable bonds is 5. The highest BCUT2D eigenvalue weighted by Gasteiger charge is 2.50. The van der Waals surface area contributed by atoms with Crippen LogP contribution in [0.4, 0.5) is 5.69 Å². The molecule has 1 aliphatic heterocycles. The molecule has 5 heteroatoms. The summed E-state index contributed by atoms with van der Waals surface area (Å²) >= 11 is 2.17. The van der Waals surface area contributed by atoms with E-state index in [1.165, 1.54) is 0 Å². The number of carbonyl (C=O) groups excluding carboxylic acids is 2. The second kappa shape index (κ2) is 7.72. The molecule has 0 radical (unpaired) electrons. The van der Waals surface area contributed by atoms with E-state index in [2.05, 4.69) is 22.6 Å². The van der Waals surface area contributed by atoms with Gasteiger partial charge in [0.15, 0.2) is 11.4 Å². The minimum Gasteiger partial charge on any atom is -0.375 e. The number of aryl methyl sites for hydroxylation is 1. The van der Waals surface area contributed by atoms with E-state index in [1.807, 2.05) is 55.5 Å². The van der Waals surface area contributed by atoms with Crippen molar-refractivity contribution in [3.63, 3.8) is 0 Å². The van der Waals surface area contributed by atoms with Crippen LogP contribution in [0, 0.1) is 10.5 Å². The standard InChI is InChI=1S/C24H20INO3/c1-16-6-2-3-7-18(16)15-26-21-9-5-4-8-20(21)24(29,23(26)28)14-22(27)17-10-12-19(25)13-11-17/h2-13,29H,14-15H2,1H3. The molecule has 0 spiro atoms. The Balaban J connectivity index is 1.69. The maximum Gasteiger partial charge on any atom is 0.264 e. The molecule has 1 unspecified atom stereocenters. The summed E-state index contributed by atoms with van der Waals surface area (Å²) in [6.07, 6.45) is -0.284. The molecule has 0 aliphatic carbocycles. The van der Waals surface area contributed by atoms with Gasteiger partial charge >= 0.3 is 0 Å². The minimum atomic E-state index is -1.86. The van der Waals surface area contributed by atoms with E-state index in [1.54, 1.807) is 29.2 Å². The molecule has 1 atom stereocenters. The molecule has 1 heterocycles. The summed E-state index contributed by atoms with van der Waals surface area (Å²) < 4.78 is 1.02. The van der Waals surface area contributed by atoms with Crippen molar-refractivity contribution < 1.29 is 14.7 Å². The lowest BCUT2D eigenvalue weighted by Gasteiger charge is -2.23. The van der Waals surface area contributed by atoms with Crippen LogP contribution in [0.3, 0.4) is 0 Å². The molecule has 3 aromatic carbocycles. The van der Waals surface area contributed by atoms with Crippen molar-refractivity contribution in [2.24, 2.45) is 0 Å². The van der Waals surface area contributed by atoms with Gasteiger partial charge in [-0.3, -0.25) is 9.59 Å². The zero-order chi connectivity index (χ0) is 20.6. The van der Waals surface area contributed by atoms with Crippen LogP contribution in [-0.4, -0.2) is 16.8 Å². The van der Waals surface area contributed by atoms with Crippen molar-refractivity contribution in [1.29, 1.82) is 0 Å². The molecule has 0 fully saturated rings. The molecule has 4 rings (SSSR count). The molecule has 29 heavy (non-hydrogen) atoms. The van der Waals surface area contributed by atoms with Gasteiger partial charge in [0.2, 0.25) is 0 Å². The third kappa shape index (κ3) is 3.60. The summed E-state index contributed by atoms with van der Waals surface area (Å²) in [6.45, 7) is 2.34. The third-order valence-corrected chi connectivity index (χ3v) is 6.13. The fourth-order valence-electron chi connectivity index (χ4n) is 3.76. The highest BCUT2D eigenvalue weighted by molar-refractivity contribution is 14.1. The first-order chi connectivity index (χ1) is 13.9. The third-order valence-electron chi connectivity index (χ3n) is 5.41. The molecule has 146 valence electrons. The van der Waals surface area contributed by atoms with Crippen LogP contribution in [0.15, 0.2) is 72.8 Å². The van der Waals surface area contributed by atoms with E-state index in [-0.39, 0.29) is 12.2 Å². The van der Waals surface area contributed by atoms with E-state index in [4.69, 9.17) is 0 Å². The van der Waals surface area contributed by atoms with Gasteiger partial charge in [0.25, 0.3) is 5.91 Å². The number of hydrogen-bond acceptors (Lipinski definition) is 3. The number of Topliss-reactive ketones (excluding diaryl/α,β-unsaturated/α-hetero) is 1. The number of benzene rings is 3. The van der Waals surface area contributed by atoms with Crippen molar-refractivity contribution in [3.05, 3.63) is 98.6 Å². The smallest absolute Gasteiger partial charge is 0.264 e. The molecule has 0 saturated carbocycles. The molecule has 1 amide bonds. The molecule has 3 aromatic rings. The minimum absolute atomic E-state index is 0.259. The SMILES string of the molecule is Cc1ccccc1CN1C(=O)C(O)(CC(=O)c2ccc(I)cc2)c2ccccc21. The van der Waals surface area contributed by atoms with E-state index < -0.39 is 11.5 Å². The van der Waals surface area contributed by atoms with Crippen LogP contribution in [0.1, 0.15) is 33.5 Å². The van der Waals surface area contributed by atoms with Crippen LogP contribution in [0.2, 0.25) is 0 Å². The zero-order valence-corrected chi connectivity index (χ0v) is 18.1. The Kier molecular flexibility index (Phi) is 5.27.